The molecular weight excluding hydrogens is 216 g/mol. The Kier molecular flexibility index (Phi) is 3.98. The van der Waals surface area contributed by atoms with Crippen molar-refractivity contribution in [3.05, 3.63) is 29.8 Å². The van der Waals surface area contributed by atoms with Gasteiger partial charge in [-0.1, -0.05) is 17.7 Å². The largest absolute Gasteiger partial charge is 0.376 e. The summed E-state index contributed by atoms with van der Waals surface area (Å²) in [5, 5.41) is 5.60. The summed E-state index contributed by atoms with van der Waals surface area (Å²) in [5.74, 6) is 0. The fraction of sp³-hybridized carbons (Fsp3) is 0.462. The summed E-state index contributed by atoms with van der Waals surface area (Å²) in [6.45, 7) is 3.41. The minimum Gasteiger partial charge on any atom is -0.376 e. The lowest BCUT2D eigenvalue weighted by Crippen LogP contribution is -2.34. The molecule has 2 amide bonds. The maximum Gasteiger partial charge on any atom is 0.319 e. The molecule has 92 valence electrons. The Balaban J connectivity index is 1.74. The van der Waals surface area contributed by atoms with E-state index in [1.165, 1.54) is 5.56 Å². The number of rotatable bonds is 3. The number of benzene rings is 1. The molecule has 0 spiro atoms. The van der Waals surface area contributed by atoms with Crippen molar-refractivity contribution < 1.29 is 9.53 Å². The second-order valence-corrected chi connectivity index (χ2v) is 4.34. The predicted molar refractivity (Wildman–Crippen MR) is 67.2 cm³/mol. The van der Waals surface area contributed by atoms with Crippen LogP contribution < -0.4 is 10.6 Å². The number of urea groups is 1. The van der Waals surface area contributed by atoms with Gasteiger partial charge >= 0.3 is 6.03 Å². The van der Waals surface area contributed by atoms with E-state index in [1.54, 1.807) is 0 Å². The number of hydrogen-bond acceptors (Lipinski definition) is 2. The monoisotopic (exact) mass is 234 g/mol. The van der Waals surface area contributed by atoms with Crippen LogP contribution in [0.25, 0.3) is 0 Å². The van der Waals surface area contributed by atoms with Crippen molar-refractivity contribution >= 4 is 11.7 Å². The zero-order valence-electron chi connectivity index (χ0n) is 10.0. The van der Waals surface area contributed by atoms with E-state index in [4.69, 9.17) is 4.74 Å². The first-order valence-electron chi connectivity index (χ1n) is 5.97. The minimum absolute atomic E-state index is 0.177. The zero-order valence-corrected chi connectivity index (χ0v) is 10.0. The van der Waals surface area contributed by atoms with Crippen LogP contribution in [0.3, 0.4) is 0 Å². The standard InChI is InChI=1S/C13H18N2O2/c1-10-4-6-11(7-5-10)15-13(16)14-9-12-3-2-8-17-12/h4-7,12H,2-3,8-9H2,1H3,(H2,14,15,16). The van der Waals surface area contributed by atoms with Crippen molar-refractivity contribution in [2.75, 3.05) is 18.5 Å². The van der Waals surface area contributed by atoms with Crippen LogP contribution in [0.15, 0.2) is 24.3 Å². The van der Waals surface area contributed by atoms with E-state index in [-0.39, 0.29) is 12.1 Å². The van der Waals surface area contributed by atoms with Gasteiger partial charge in [0.25, 0.3) is 0 Å². The van der Waals surface area contributed by atoms with Gasteiger partial charge < -0.3 is 15.4 Å². The van der Waals surface area contributed by atoms with E-state index >= 15 is 0 Å². The number of anilines is 1. The molecule has 1 unspecified atom stereocenters. The highest BCUT2D eigenvalue weighted by atomic mass is 16.5. The summed E-state index contributed by atoms with van der Waals surface area (Å²) in [6, 6.07) is 7.54. The van der Waals surface area contributed by atoms with Crippen molar-refractivity contribution in [2.45, 2.75) is 25.9 Å². The maximum absolute atomic E-state index is 11.6. The van der Waals surface area contributed by atoms with Gasteiger partial charge in [0.2, 0.25) is 0 Å². The van der Waals surface area contributed by atoms with E-state index in [0.29, 0.717) is 6.54 Å². The summed E-state index contributed by atoms with van der Waals surface area (Å²) < 4.78 is 5.43. The van der Waals surface area contributed by atoms with Gasteiger partial charge in [-0.15, -0.1) is 0 Å². The van der Waals surface area contributed by atoms with Gasteiger partial charge in [0.05, 0.1) is 6.10 Å². The first kappa shape index (κ1) is 11.9. The first-order valence-corrected chi connectivity index (χ1v) is 5.97. The highest BCUT2D eigenvalue weighted by Crippen LogP contribution is 2.11. The summed E-state index contributed by atoms with van der Waals surface area (Å²) in [4.78, 5) is 11.6. The average molecular weight is 234 g/mol. The van der Waals surface area contributed by atoms with Crippen LogP contribution in [0.1, 0.15) is 18.4 Å². The van der Waals surface area contributed by atoms with Crippen LogP contribution in [0.2, 0.25) is 0 Å². The van der Waals surface area contributed by atoms with Gasteiger partial charge in [-0.2, -0.15) is 0 Å². The van der Waals surface area contributed by atoms with Crippen molar-refractivity contribution in [1.29, 1.82) is 0 Å². The van der Waals surface area contributed by atoms with Gasteiger partial charge in [-0.05, 0) is 31.9 Å². The highest BCUT2D eigenvalue weighted by Gasteiger charge is 2.15. The van der Waals surface area contributed by atoms with E-state index in [9.17, 15) is 4.79 Å². The van der Waals surface area contributed by atoms with Crippen LogP contribution in [0, 0.1) is 6.92 Å². The van der Waals surface area contributed by atoms with E-state index in [1.807, 2.05) is 31.2 Å². The van der Waals surface area contributed by atoms with Crippen LogP contribution in [-0.2, 0) is 4.74 Å². The molecule has 0 aromatic heterocycles. The number of hydrogen-bond donors (Lipinski definition) is 2. The molecule has 4 heteroatoms. The third kappa shape index (κ3) is 3.75. The molecule has 0 saturated carbocycles. The van der Waals surface area contributed by atoms with Crippen LogP contribution >= 0.6 is 0 Å². The van der Waals surface area contributed by atoms with Gasteiger partial charge in [0, 0.05) is 18.8 Å². The summed E-state index contributed by atoms with van der Waals surface area (Å²) in [7, 11) is 0. The van der Waals surface area contributed by atoms with Crippen molar-refractivity contribution in [3.8, 4) is 0 Å². The first-order chi connectivity index (χ1) is 8.24. The maximum atomic E-state index is 11.6. The van der Waals surface area contributed by atoms with Crippen LogP contribution in [0.4, 0.5) is 10.5 Å². The van der Waals surface area contributed by atoms with Crippen LogP contribution in [0.5, 0.6) is 0 Å². The number of nitrogens with one attached hydrogen (secondary N) is 2. The zero-order chi connectivity index (χ0) is 12.1. The van der Waals surface area contributed by atoms with Gasteiger partial charge in [-0.25, -0.2) is 4.79 Å². The molecule has 0 radical (unpaired) electrons. The lowest BCUT2D eigenvalue weighted by Gasteiger charge is -2.11. The second kappa shape index (κ2) is 5.68. The summed E-state index contributed by atoms with van der Waals surface area (Å²) in [5.41, 5.74) is 1.98. The fourth-order valence-electron chi connectivity index (χ4n) is 1.82. The predicted octanol–water partition coefficient (Wildman–Crippen LogP) is 2.30. The minimum atomic E-state index is -0.177. The van der Waals surface area contributed by atoms with Crippen molar-refractivity contribution in [3.63, 3.8) is 0 Å². The van der Waals surface area contributed by atoms with Crippen molar-refractivity contribution in [2.24, 2.45) is 0 Å². The average Bonchev–Trinajstić information content (AvgIpc) is 2.83. The highest BCUT2D eigenvalue weighted by molar-refractivity contribution is 5.89. The molecule has 1 atom stereocenters. The Labute approximate surface area is 101 Å². The fourth-order valence-corrected chi connectivity index (χ4v) is 1.82. The SMILES string of the molecule is Cc1ccc(NC(=O)NCC2CCCO2)cc1. The number of amides is 2. The molecule has 1 heterocycles. The van der Waals surface area contributed by atoms with E-state index < -0.39 is 0 Å². The van der Waals surface area contributed by atoms with E-state index in [2.05, 4.69) is 10.6 Å². The molecule has 17 heavy (non-hydrogen) atoms. The molecule has 2 rings (SSSR count). The molecule has 1 aliphatic rings. The number of aryl methyl sites for hydroxylation is 1. The Morgan fingerprint density at radius 3 is 2.82 bits per heavy atom. The molecule has 2 N–H and O–H groups in total. The van der Waals surface area contributed by atoms with Gasteiger partial charge in [0.1, 0.15) is 0 Å². The molecule has 1 fully saturated rings. The number of carbonyl (C=O) groups excluding carboxylic acids is 1. The van der Waals surface area contributed by atoms with Gasteiger partial charge in [-0.3, -0.25) is 0 Å². The molecule has 1 saturated heterocycles. The molecule has 1 aliphatic heterocycles. The smallest absolute Gasteiger partial charge is 0.319 e. The quantitative estimate of drug-likeness (QED) is 0.843. The van der Waals surface area contributed by atoms with E-state index in [0.717, 1.165) is 25.1 Å². The number of ether oxygens (including phenoxy) is 1. The molecule has 1 aromatic carbocycles. The lowest BCUT2D eigenvalue weighted by molar-refractivity contribution is 0.112. The second-order valence-electron chi connectivity index (χ2n) is 4.34. The summed E-state index contributed by atoms with van der Waals surface area (Å²) in [6.07, 6.45) is 2.30. The topological polar surface area (TPSA) is 50.4 Å². The van der Waals surface area contributed by atoms with Gasteiger partial charge in [0.15, 0.2) is 0 Å². The molecule has 4 nitrogen and oxygen atoms in total. The lowest BCUT2D eigenvalue weighted by atomic mass is 10.2. The number of carbonyl (C=O) groups is 1. The molecular formula is C13H18N2O2. The third-order valence-corrected chi connectivity index (χ3v) is 2.82. The Morgan fingerprint density at radius 1 is 1.41 bits per heavy atom. The van der Waals surface area contributed by atoms with Crippen molar-refractivity contribution in [1.82, 2.24) is 5.32 Å². The summed E-state index contributed by atoms with van der Waals surface area (Å²) >= 11 is 0. The third-order valence-electron chi connectivity index (χ3n) is 2.82. The Hall–Kier alpha value is -1.55. The van der Waals surface area contributed by atoms with Crippen LogP contribution in [-0.4, -0.2) is 25.3 Å². The normalized spacial score (nSPS) is 19.0. The molecule has 0 bridgehead atoms. The Bertz CT molecular complexity index is 370. The Morgan fingerprint density at radius 2 is 2.18 bits per heavy atom. The molecule has 0 aliphatic carbocycles. The molecule has 1 aromatic rings.